The highest BCUT2D eigenvalue weighted by Crippen LogP contribution is 2.37. The smallest absolute Gasteiger partial charge is 0.158 e. The van der Waals surface area contributed by atoms with Crippen molar-refractivity contribution in [3.05, 3.63) is 0 Å². The van der Waals surface area contributed by atoms with E-state index in [1.54, 1.807) is 0 Å². The van der Waals surface area contributed by atoms with Crippen molar-refractivity contribution in [1.82, 2.24) is 0 Å². The second-order valence-corrected chi connectivity index (χ2v) is 4.58. The minimum Gasteiger partial charge on any atom is -0.372 e. The summed E-state index contributed by atoms with van der Waals surface area (Å²) in [4.78, 5) is 0. The van der Waals surface area contributed by atoms with Gasteiger partial charge in [-0.05, 0) is 32.1 Å². The molecule has 0 aromatic heterocycles. The summed E-state index contributed by atoms with van der Waals surface area (Å²) in [6.07, 6.45) is 8.31. The summed E-state index contributed by atoms with van der Waals surface area (Å²) in [5.74, 6) is 0. The highest BCUT2D eigenvalue weighted by Gasteiger charge is 2.42. The standard InChI is InChI=1S/C11H18O3/c1-2-6-12-11(3-1)14-9-5-4-8-7-10(9)13-8/h8-11H,1-7H2. The topological polar surface area (TPSA) is 27.7 Å². The van der Waals surface area contributed by atoms with Gasteiger partial charge in [0.2, 0.25) is 0 Å². The second kappa shape index (κ2) is 3.80. The van der Waals surface area contributed by atoms with Gasteiger partial charge in [-0.3, -0.25) is 0 Å². The minimum atomic E-state index is 0.0505. The summed E-state index contributed by atoms with van der Waals surface area (Å²) in [5, 5.41) is 0. The molecular formula is C11H18O3. The highest BCUT2D eigenvalue weighted by molar-refractivity contribution is 4.90. The van der Waals surface area contributed by atoms with Crippen molar-refractivity contribution in [3.8, 4) is 0 Å². The first-order valence-electron chi connectivity index (χ1n) is 5.84. The lowest BCUT2D eigenvalue weighted by Gasteiger charge is -2.47. The Hall–Kier alpha value is -0.120. The van der Waals surface area contributed by atoms with Crippen LogP contribution in [0.5, 0.6) is 0 Å². The van der Waals surface area contributed by atoms with Crippen LogP contribution in [0.1, 0.15) is 38.5 Å². The first-order valence-corrected chi connectivity index (χ1v) is 5.84. The van der Waals surface area contributed by atoms with Crippen LogP contribution in [0.25, 0.3) is 0 Å². The first kappa shape index (κ1) is 9.13. The second-order valence-electron chi connectivity index (χ2n) is 4.58. The molecular weight excluding hydrogens is 180 g/mol. The zero-order valence-electron chi connectivity index (χ0n) is 8.48. The van der Waals surface area contributed by atoms with Crippen molar-refractivity contribution in [1.29, 1.82) is 0 Å². The molecule has 1 aliphatic carbocycles. The molecule has 3 saturated heterocycles. The van der Waals surface area contributed by atoms with Crippen molar-refractivity contribution in [2.24, 2.45) is 0 Å². The van der Waals surface area contributed by atoms with Crippen LogP contribution in [-0.4, -0.2) is 31.2 Å². The third kappa shape index (κ3) is 1.69. The molecule has 4 rings (SSSR count). The Bertz CT molecular complexity index is 192. The van der Waals surface area contributed by atoms with Crippen molar-refractivity contribution in [3.63, 3.8) is 0 Å². The summed E-state index contributed by atoms with van der Waals surface area (Å²) in [6.45, 7) is 0.867. The Morgan fingerprint density at radius 1 is 1.07 bits per heavy atom. The van der Waals surface area contributed by atoms with E-state index in [2.05, 4.69) is 0 Å². The number of hydrogen-bond acceptors (Lipinski definition) is 3. The van der Waals surface area contributed by atoms with E-state index in [0.717, 1.165) is 19.4 Å². The maximum Gasteiger partial charge on any atom is 0.158 e. The number of rotatable bonds is 2. The van der Waals surface area contributed by atoms with E-state index < -0.39 is 0 Å². The van der Waals surface area contributed by atoms with Crippen molar-refractivity contribution in [2.45, 2.75) is 63.1 Å². The van der Waals surface area contributed by atoms with E-state index >= 15 is 0 Å². The highest BCUT2D eigenvalue weighted by atomic mass is 16.7. The lowest BCUT2D eigenvalue weighted by molar-refractivity contribution is -0.270. The molecule has 14 heavy (non-hydrogen) atoms. The summed E-state index contributed by atoms with van der Waals surface area (Å²) in [5.41, 5.74) is 0. The van der Waals surface area contributed by atoms with Crippen LogP contribution in [0.4, 0.5) is 0 Å². The summed E-state index contributed by atoms with van der Waals surface area (Å²) in [6, 6.07) is 0. The Labute approximate surface area is 84.7 Å². The monoisotopic (exact) mass is 198 g/mol. The molecule has 0 aromatic carbocycles. The Kier molecular flexibility index (Phi) is 2.48. The van der Waals surface area contributed by atoms with Gasteiger partial charge in [0.1, 0.15) is 0 Å². The van der Waals surface area contributed by atoms with Gasteiger partial charge in [0.25, 0.3) is 0 Å². The molecule has 3 aliphatic heterocycles. The van der Waals surface area contributed by atoms with E-state index in [9.17, 15) is 0 Å². The molecule has 4 fully saturated rings. The predicted molar refractivity (Wildman–Crippen MR) is 51.0 cm³/mol. The van der Waals surface area contributed by atoms with Gasteiger partial charge < -0.3 is 14.2 Å². The molecule has 3 heteroatoms. The van der Waals surface area contributed by atoms with Gasteiger partial charge in [0.05, 0.1) is 18.3 Å². The molecule has 0 spiro atoms. The van der Waals surface area contributed by atoms with Crippen molar-refractivity contribution in [2.75, 3.05) is 6.61 Å². The molecule has 0 N–H and O–H groups in total. The molecule has 0 radical (unpaired) electrons. The van der Waals surface area contributed by atoms with Gasteiger partial charge >= 0.3 is 0 Å². The molecule has 4 unspecified atom stereocenters. The van der Waals surface area contributed by atoms with Gasteiger partial charge in [-0.1, -0.05) is 0 Å². The molecule has 4 atom stereocenters. The van der Waals surface area contributed by atoms with Crippen LogP contribution in [0, 0.1) is 0 Å². The molecule has 3 nitrogen and oxygen atoms in total. The van der Waals surface area contributed by atoms with E-state index in [4.69, 9.17) is 14.2 Å². The number of ether oxygens (including phenoxy) is 3. The fourth-order valence-electron chi connectivity index (χ4n) is 2.63. The third-order valence-electron chi connectivity index (χ3n) is 3.51. The summed E-state index contributed by atoms with van der Waals surface area (Å²) >= 11 is 0. The molecule has 2 bridgehead atoms. The minimum absolute atomic E-state index is 0.0505. The first-order chi connectivity index (χ1) is 6.92. The van der Waals surface area contributed by atoms with E-state index in [1.165, 1.54) is 25.7 Å². The Morgan fingerprint density at radius 3 is 2.64 bits per heavy atom. The molecule has 1 saturated carbocycles. The fraction of sp³-hybridized carbons (Fsp3) is 1.00. The average molecular weight is 198 g/mol. The zero-order chi connectivity index (χ0) is 9.38. The van der Waals surface area contributed by atoms with Gasteiger partial charge in [-0.15, -0.1) is 0 Å². The van der Waals surface area contributed by atoms with Crippen LogP contribution in [0.15, 0.2) is 0 Å². The summed E-state index contributed by atoms with van der Waals surface area (Å²) < 4.78 is 17.2. The van der Waals surface area contributed by atoms with Crippen LogP contribution < -0.4 is 0 Å². The molecule has 0 aromatic rings. The molecule has 80 valence electrons. The van der Waals surface area contributed by atoms with Gasteiger partial charge in [-0.2, -0.15) is 0 Å². The lowest BCUT2D eigenvalue weighted by atomic mass is 9.86. The maximum absolute atomic E-state index is 5.94. The predicted octanol–water partition coefficient (Wildman–Crippen LogP) is 1.85. The number of fused-ring (bicyclic) bond motifs is 2. The van der Waals surface area contributed by atoms with Crippen LogP contribution in [0.3, 0.4) is 0 Å². The quantitative estimate of drug-likeness (QED) is 0.677. The van der Waals surface area contributed by atoms with E-state index in [1.807, 2.05) is 0 Å². The SMILES string of the molecule is C1CCC(OC2CCC3CC2O3)OC1. The number of hydrogen-bond donors (Lipinski definition) is 0. The largest absolute Gasteiger partial charge is 0.372 e. The molecule has 0 amide bonds. The molecule has 4 aliphatic rings. The van der Waals surface area contributed by atoms with Crippen molar-refractivity contribution < 1.29 is 14.2 Å². The Balaban J connectivity index is 1.50. The van der Waals surface area contributed by atoms with Crippen LogP contribution >= 0.6 is 0 Å². The van der Waals surface area contributed by atoms with Crippen molar-refractivity contribution >= 4 is 0 Å². The molecule has 3 heterocycles. The van der Waals surface area contributed by atoms with Gasteiger partial charge in [-0.25, -0.2) is 0 Å². The van der Waals surface area contributed by atoms with Crippen LogP contribution in [-0.2, 0) is 14.2 Å². The van der Waals surface area contributed by atoms with E-state index in [0.29, 0.717) is 18.3 Å². The normalized spacial score (nSPS) is 47.1. The summed E-state index contributed by atoms with van der Waals surface area (Å²) in [7, 11) is 0. The van der Waals surface area contributed by atoms with Gasteiger partial charge in [0.15, 0.2) is 6.29 Å². The average Bonchev–Trinajstić information content (AvgIpc) is 2.18. The van der Waals surface area contributed by atoms with Gasteiger partial charge in [0, 0.05) is 13.0 Å². The van der Waals surface area contributed by atoms with E-state index in [-0.39, 0.29) is 6.29 Å². The van der Waals surface area contributed by atoms with Crippen LogP contribution in [0.2, 0.25) is 0 Å². The zero-order valence-corrected chi connectivity index (χ0v) is 8.48. The Morgan fingerprint density at radius 2 is 2.00 bits per heavy atom. The fourth-order valence-corrected chi connectivity index (χ4v) is 2.63. The lowest BCUT2D eigenvalue weighted by Crippen LogP contribution is -2.52. The maximum atomic E-state index is 5.94. The third-order valence-corrected chi connectivity index (χ3v) is 3.51.